The van der Waals surface area contributed by atoms with Gasteiger partial charge in [0.1, 0.15) is 5.52 Å². The molecular formula is C19H17N3O4S. The summed E-state index contributed by atoms with van der Waals surface area (Å²) in [7, 11) is 0. The number of nitro groups is 1. The van der Waals surface area contributed by atoms with E-state index in [-0.39, 0.29) is 29.3 Å². The van der Waals surface area contributed by atoms with Gasteiger partial charge in [-0.3, -0.25) is 24.7 Å². The molecule has 2 saturated carbocycles. The van der Waals surface area contributed by atoms with Crippen molar-refractivity contribution in [2.75, 3.05) is 11.2 Å². The number of carbonyl (C=O) groups is 2. The van der Waals surface area contributed by atoms with Crippen LogP contribution in [0.3, 0.4) is 0 Å². The van der Waals surface area contributed by atoms with Gasteiger partial charge in [-0.05, 0) is 55.6 Å². The van der Waals surface area contributed by atoms with E-state index < -0.39 is 4.92 Å². The van der Waals surface area contributed by atoms with Gasteiger partial charge in [0.05, 0.1) is 32.7 Å². The van der Waals surface area contributed by atoms with Gasteiger partial charge in [0.15, 0.2) is 0 Å². The minimum atomic E-state index is -0.428. The number of thioether (sulfide) groups is 1. The first-order chi connectivity index (χ1) is 13.0. The van der Waals surface area contributed by atoms with Crippen molar-refractivity contribution >= 4 is 45.9 Å². The Bertz CT molecular complexity index is 995. The second kappa shape index (κ2) is 5.76. The van der Waals surface area contributed by atoms with Crippen molar-refractivity contribution in [2.24, 2.45) is 23.7 Å². The van der Waals surface area contributed by atoms with Crippen LogP contribution in [-0.2, 0) is 9.59 Å². The van der Waals surface area contributed by atoms with Crippen molar-refractivity contribution < 1.29 is 14.5 Å². The zero-order valence-electron chi connectivity index (χ0n) is 14.6. The van der Waals surface area contributed by atoms with E-state index >= 15 is 0 Å². The fraction of sp³-hybridized carbons (Fsp3) is 0.421. The zero-order valence-corrected chi connectivity index (χ0v) is 15.4. The highest BCUT2D eigenvalue weighted by atomic mass is 32.2. The molecule has 2 heterocycles. The summed E-state index contributed by atoms with van der Waals surface area (Å²) in [6, 6.07) is 4.84. The summed E-state index contributed by atoms with van der Waals surface area (Å²) < 4.78 is 0. The topological polar surface area (TPSA) is 93.4 Å². The zero-order chi connectivity index (χ0) is 18.9. The van der Waals surface area contributed by atoms with E-state index in [2.05, 4.69) is 4.98 Å². The van der Waals surface area contributed by atoms with Gasteiger partial charge in [-0.15, -0.1) is 11.8 Å². The number of imide groups is 1. The monoisotopic (exact) mass is 383 g/mol. The highest BCUT2D eigenvalue weighted by Gasteiger charge is 2.61. The fourth-order valence-electron chi connectivity index (χ4n) is 5.35. The number of nitro benzene ring substituents is 1. The first-order valence-electron chi connectivity index (χ1n) is 9.01. The predicted octanol–water partition coefficient (Wildman–Crippen LogP) is 3.40. The number of hydrogen-bond acceptors (Lipinski definition) is 6. The molecule has 3 fully saturated rings. The number of hydrogen-bond donors (Lipinski definition) is 0. The molecule has 1 aromatic heterocycles. The van der Waals surface area contributed by atoms with E-state index in [0.717, 1.165) is 19.3 Å². The van der Waals surface area contributed by atoms with Crippen LogP contribution < -0.4 is 4.90 Å². The van der Waals surface area contributed by atoms with E-state index in [1.165, 1.54) is 22.9 Å². The molecule has 0 radical (unpaired) electrons. The Morgan fingerprint density at radius 3 is 2.48 bits per heavy atom. The van der Waals surface area contributed by atoms with Crippen molar-refractivity contribution in [1.29, 1.82) is 0 Å². The number of amides is 2. The van der Waals surface area contributed by atoms with Gasteiger partial charge in [0.25, 0.3) is 5.69 Å². The molecule has 7 nitrogen and oxygen atoms in total. The normalized spacial score (nSPS) is 29.0. The van der Waals surface area contributed by atoms with Crippen molar-refractivity contribution in [3.05, 3.63) is 34.5 Å². The fourth-order valence-corrected chi connectivity index (χ4v) is 5.96. The van der Waals surface area contributed by atoms with Crippen LogP contribution in [-0.4, -0.2) is 28.0 Å². The van der Waals surface area contributed by atoms with Crippen molar-refractivity contribution in [3.63, 3.8) is 0 Å². The van der Waals surface area contributed by atoms with Crippen LogP contribution in [0.4, 0.5) is 11.4 Å². The lowest BCUT2D eigenvalue weighted by molar-refractivity contribution is -0.385. The Morgan fingerprint density at radius 2 is 1.89 bits per heavy atom. The second-order valence-corrected chi connectivity index (χ2v) is 8.35. The van der Waals surface area contributed by atoms with Gasteiger partial charge in [0, 0.05) is 6.20 Å². The summed E-state index contributed by atoms with van der Waals surface area (Å²) in [6.07, 6.45) is 6.26. The number of benzene rings is 1. The number of nitrogens with zero attached hydrogens (tertiary/aromatic N) is 3. The highest BCUT2D eigenvalue weighted by molar-refractivity contribution is 7.98. The largest absolute Gasteiger partial charge is 0.292 e. The van der Waals surface area contributed by atoms with Crippen LogP contribution in [0.15, 0.2) is 29.3 Å². The summed E-state index contributed by atoms with van der Waals surface area (Å²) in [5.41, 5.74) is 0.675. The van der Waals surface area contributed by atoms with Gasteiger partial charge < -0.3 is 0 Å². The van der Waals surface area contributed by atoms with Crippen molar-refractivity contribution in [2.45, 2.75) is 24.2 Å². The van der Waals surface area contributed by atoms with E-state index in [1.807, 2.05) is 0 Å². The Kier molecular flexibility index (Phi) is 3.56. The molecule has 3 aliphatic rings. The maximum absolute atomic E-state index is 13.2. The third kappa shape index (κ3) is 2.13. The molecule has 2 aliphatic carbocycles. The van der Waals surface area contributed by atoms with Crippen molar-refractivity contribution in [3.8, 4) is 0 Å². The molecule has 138 valence electrons. The summed E-state index contributed by atoms with van der Waals surface area (Å²) in [6.45, 7) is 0. The maximum Gasteiger partial charge on any atom is 0.292 e. The molecule has 2 aromatic rings. The maximum atomic E-state index is 13.2. The molecule has 1 saturated heterocycles. The van der Waals surface area contributed by atoms with E-state index in [9.17, 15) is 19.7 Å². The van der Waals surface area contributed by atoms with Gasteiger partial charge in [0.2, 0.25) is 11.8 Å². The second-order valence-electron chi connectivity index (χ2n) is 7.50. The third-order valence-electron chi connectivity index (χ3n) is 6.38. The lowest BCUT2D eigenvalue weighted by Gasteiger charge is -2.19. The van der Waals surface area contributed by atoms with Gasteiger partial charge in [-0.1, -0.05) is 0 Å². The number of fused-ring (bicyclic) bond motifs is 6. The van der Waals surface area contributed by atoms with Crippen LogP contribution >= 0.6 is 11.8 Å². The van der Waals surface area contributed by atoms with E-state index in [1.54, 1.807) is 24.5 Å². The van der Waals surface area contributed by atoms with Crippen molar-refractivity contribution in [1.82, 2.24) is 4.98 Å². The lowest BCUT2D eigenvalue weighted by atomic mass is 9.81. The molecule has 1 aromatic carbocycles. The first kappa shape index (κ1) is 16.7. The number of carbonyl (C=O) groups excluding carboxylic acids is 2. The van der Waals surface area contributed by atoms with Crippen LogP contribution in [0, 0.1) is 33.8 Å². The van der Waals surface area contributed by atoms with Crippen LogP contribution in [0.5, 0.6) is 0 Å². The highest BCUT2D eigenvalue weighted by Crippen LogP contribution is 2.57. The molecule has 2 bridgehead atoms. The van der Waals surface area contributed by atoms with E-state index in [4.69, 9.17) is 0 Å². The first-order valence-corrected chi connectivity index (χ1v) is 10.2. The molecule has 4 unspecified atom stereocenters. The minimum Gasteiger partial charge on any atom is -0.274 e. The SMILES string of the molecule is CSc1cc(N2C(=O)C3C4CCC(C4)C3C2=O)c2ncccc2c1[N+](=O)[O-]. The summed E-state index contributed by atoms with van der Waals surface area (Å²) in [4.78, 5) is 43.6. The van der Waals surface area contributed by atoms with Gasteiger partial charge in [-0.2, -0.15) is 0 Å². The smallest absolute Gasteiger partial charge is 0.274 e. The van der Waals surface area contributed by atoms with Crippen LogP contribution in [0.1, 0.15) is 19.3 Å². The Hall–Kier alpha value is -2.48. The van der Waals surface area contributed by atoms with Gasteiger partial charge >= 0.3 is 0 Å². The number of rotatable bonds is 3. The van der Waals surface area contributed by atoms with Crippen LogP contribution in [0.2, 0.25) is 0 Å². The van der Waals surface area contributed by atoms with E-state index in [0.29, 0.717) is 33.3 Å². The molecular weight excluding hydrogens is 366 g/mol. The molecule has 27 heavy (non-hydrogen) atoms. The van der Waals surface area contributed by atoms with Crippen LogP contribution in [0.25, 0.3) is 10.9 Å². The third-order valence-corrected chi connectivity index (χ3v) is 7.13. The summed E-state index contributed by atoms with van der Waals surface area (Å²) >= 11 is 1.23. The summed E-state index contributed by atoms with van der Waals surface area (Å²) in [5, 5.41) is 12.0. The Balaban J connectivity index is 1.72. The number of pyridine rings is 1. The quantitative estimate of drug-likeness (QED) is 0.349. The predicted molar refractivity (Wildman–Crippen MR) is 100 cm³/mol. The Labute approximate surface area is 159 Å². The molecule has 0 N–H and O–H groups in total. The molecule has 0 spiro atoms. The average molecular weight is 383 g/mol. The molecule has 2 amide bonds. The lowest BCUT2D eigenvalue weighted by Crippen LogP contribution is -2.33. The molecule has 5 rings (SSSR count). The summed E-state index contributed by atoms with van der Waals surface area (Å²) in [5.74, 6) is -0.210. The minimum absolute atomic E-state index is 0.0336. The number of anilines is 1. The standard InChI is InChI=1S/C19H17N3O4S/c1-27-13-8-12(16-11(3-2-6-20-16)17(13)22(25)26)21-18(23)14-9-4-5-10(7-9)15(14)19(21)24/h2-3,6,8-10,14-15H,4-5,7H2,1H3. The molecule has 4 atom stereocenters. The molecule has 1 aliphatic heterocycles. The average Bonchev–Trinajstić information content (AvgIpc) is 3.34. The number of aromatic nitrogens is 1. The molecule has 8 heteroatoms. The van der Waals surface area contributed by atoms with Gasteiger partial charge in [-0.25, -0.2) is 4.90 Å². The Morgan fingerprint density at radius 1 is 1.22 bits per heavy atom.